The minimum atomic E-state index is -0.441. The van der Waals surface area contributed by atoms with E-state index in [1.54, 1.807) is 19.3 Å². The Morgan fingerprint density at radius 3 is 2.90 bits per heavy atom. The number of nitrogens with zero attached hydrogens (tertiary/aromatic N) is 3. The summed E-state index contributed by atoms with van der Waals surface area (Å²) in [7, 11) is 0. The molecule has 21 heavy (non-hydrogen) atoms. The van der Waals surface area contributed by atoms with Crippen molar-refractivity contribution in [3.05, 3.63) is 40.0 Å². The largest absolute Gasteiger partial charge is 0.468 e. The molecule has 2 heterocycles. The van der Waals surface area contributed by atoms with Crippen molar-refractivity contribution in [3.8, 4) is 0 Å². The Balaban J connectivity index is 2.25. The lowest BCUT2D eigenvalue weighted by molar-refractivity contribution is -0.389. The third kappa shape index (κ3) is 3.94. The zero-order valence-electron chi connectivity index (χ0n) is 11.8. The van der Waals surface area contributed by atoms with Crippen LogP contribution in [0.5, 0.6) is 0 Å². The van der Waals surface area contributed by atoms with Crippen LogP contribution < -0.4 is 5.32 Å². The minimum Gasteiger partial charge on any atom is -0.468 e. The normalized spacial score (nSPS) is 10.6. The second kappa shape index (κ2) is 7.07. The molecule has 0 amide bonds. The van der Waals surface area contributed by atoms with E-state index in [0.717, 1.165) is 18.7 Å². The predicted octanol–water partition coefficient (Wildman–Crippen LogP) is 3.40. The molecular formula is C13H16N4O3S. The molecule has 0 bridgehead atoms. The van der Waals surface area contributed by atoms with Crippen LogP contribution >= 0.6 is 11.8 Å². The van der Waals surface area contributed by atoms with Crippen LogP contribution in [0.1, 0.15) is 24.8 Å². The van der Waals surface area contributed by atoms with Gasteiger partial charge in [0.2, 0.25) is 5.95 Å². The molecule has 0 saturated heterocycles. The van der Waals surface area contributed by atoms with Gasteiger partial charge in [-0.3, -0.25) is 10.1 Å². The maximum atomic E-state index is 11.2. The van der Waals surface area contributed by atoms with Crippen molar-refractivity contribution in [2.45, 2.75) is 31.0 Å². The van der Waals surface area contributed by atoms with Crippen molar-refractivity contribution in [2.24, 2.45) is 0 Å². The van der Waals surface area contributed by atoms with E-state index in [4.69, 9.17) is 4.42 Å². The summed E-state index contributed by atoms with van der Waals surface area (Å²) in [6, 6.07) is 3.60. The van der Waals surface area contributed by atoms with E-state index in [9.17, 15) is 10.1 Å². The lowest BCUT2D eigenvalue weighted by atomic mass is 10.4. The van der Waals surface area contributed by atoms with Gasteiger partial charge in [-0.1, -0.05) is 18.7 Å². The molecule has 8 heteroatoms. The number of thioether (sulfide) groups is 1. The molecule has 0 radical (unpaired) electrons. The SMILES string of the molecule is CCCNc1nc(C)c([N+](=O)[O-])c(SCc2ccco2)n1. The second-order valence-corrected chi connectivity index (χ2v) is 5.30. The summed E-state index contributed by atoms with van der Waals surface area (Å²) in [5.41, 5.74) is 0.309. The molecule has 0 aromatic carbocycles. The number of rotatable bonds is 7. The highest BCUT2D eigenvalue weighted by Crippen LogP contribution is 2.32. The van der Waals surface area contributed by atoms with Crippen molar-refractivity contribution >= 4 is 23.4 Å². The molecule has 0 aliphatic rings. The summed E-state index contributed by atoms with van der Waals surface area (Å²) < 4.78 is 5.23. The number of nitrogens with one attached hydrogen (secondary N) is 1. The summed E-state index contributed by atoms with van der Waals surface area (Å²) in [6.07, 6.45) is 2.50. The quantitative estimate of drug-likeness (QED) is 0.362. The lowest BCUT2D eigenvalue weighted by Gasteiger charge is -2.08. The standard InChI is InChI=1S/C13H16N4O3S/c1-3-6-14-13-15-9(2)11(17(18)19)12(16-13)21-8-10-5-4-7-20-10/h4-5,7H,3,6,8H2,1-2H3,(H,14,15,16). The molecule has 2 rings (SSSR count). The zero-order valence-corrected chi connectivity index (χ0v) is 12.6. The Morgan fingerprint density at radius 1 is 1.48 bits per heavy atom. The Labute approximate surface area is 126 Å². The van der Waals surface area contributed by atoms with Crippen molar-refractivity contribution < 1.29 is 9.34 Å². The van der Waals surface area contributed by atoms with Gasteiger partial charge in [0.15, 0.2) is 5.03 Å². The van der Waals surface area contributed by atoms with E-state index in [2.05, 4.69) is 15.3 Å². The Kier molecular flexibility index (Phi) is 5.15. The highest BCUT2D eigenvalue weighted by Gasteiger charge is 2.22. The van der Waals surface area contributed by atoms with Crippen molar-refractivity contribution in [3.63, 3.8) is 0 Å². The van der Waals surface area contributed by atoms with Crippen molar-refractivity contribution in [1.29, 1.82) is 0 Å². The van der Waals surface area contributed by atoms with Gasteiger partial charge < -0.3 is 9.73 Å². The van der Waals surface area contributed by atoms with Gasteiger partial charge in [0.1, 0.15) is 11.5 Å². The Hall–Kier alpha value is -2.09. The fourth-order valence-corrected chi connectivity index (χ4v) is 2.65. The van der Waals surface area contributed by atoms with Gasteiger partial charge in [-0.15, -0.1) is 0 Å². The highest BCUT2D eigenvalue weighted by molar-refractivity contribution is 7.98. The maximum absolute atomic E-state index is 11.2. The summed E-state index contributed by atoms with van der Waals surface area (Å²) >= 11 is 1.27. The number of hydrogen-bond donors (Lipinski definition) is 1. The average molecular weight is 308 g/mol. The molecule has 0 aliphatic heterocycles. The van der Waals surface area contributed by atoms with Gasteiger partial charge in [-0.05, 0) is 25.5 Å². The van der Waals surface area contributed by atoms with Crippen LogP contribution in [0.25, 0.3) is 0 Å². The summed E-state index contributed by atoms with van der Waals surface area (Å²) in [5, 5.41) is 14.6. The van der Waals surface area contributed by atoms with Crippen LogP contribution in [0.15, 0.2) is 27.8 Å². The number of furan rings is 1. The van der Waals surface area contributed by atoms with Gasteiger partial charge in [0, 0.05) is 6.54 Å². The van der Waals surface area contributed by atoms with Crippen LogP contribution in [0, 0.1) is 17.0 Å². The Morgan fingerprint density at radius 2 is 2.29 bits per heavy atom. The summed E-state index contributed by atoms with van der Waals surface area (Å²) in [5.74, 6) is 1.65. The second-order valence-electron chi connectivity index (χ2n) is 4.34. The molecule has 2 aromatic rings. The molecule has 7 nitrogen and oxygen atoms in total. The zero-order chi connectivity index (χ0) is 15.2. The van der Waals surface area contributed by atoms with E-state index in [0.29, 0.717) is 22.4 Å². The lowest BCUT2D eigenvalue weighted by Crippen LogP contribution is -2.08. The predicted molar refractivity (Wildman–Crippen MR) is 80.5 cm³/mol. The molecule has 0 spiro atoms. The van der Waals surface area contributed by atoms with Gasteiger partial charge in [0.25, 0.3) is 0 Å². The van der Waals surface area contributed by atoms with Gasteiger partial charge in [-0.25, -0.2) is 4.98 Å². The van der Waals surface area contributed by atoms with Gasteiger partial charge in [-0.2, -0.15) is 4.98 Å². The molecule has 0 saturated carbocycles. The molecule has 0 atom stereocenters. The number of aryl methyl sites for hydroxylation is 1. The van der Waals surface area contributed by atoms with Crippen molar-refractivity contribution in [2.75, 3.05) is 11.9 Å². The van der Waals surface area contributed by atoms with Crippen LogP contribution in [0.4, 0.5) is 11.6 Å². The first-order valence-electron chi connectivity index (χ1n) is 6.54. The number of anilines is 1. The van der Waals surface area contributed by atoms with E-state index >= 15 is 0 Å². The molecule has 0 fully saturated rings. The van der Waals surface area contributed by atoms with Gasteiger partial charge in [0.05, 0.1) is 16.9 Å². The number of hydrogen-bond acceptors (Lipinski definition) is 7. The number of nitro groups is 1. The van der Waals surface area contributed by atoms with Crippen molar-refractivity contribution in [1.82, 2.24) is 9.97 Å². The van der Waals surface area contributed by atoms with Crippen LogP contribution in [0.2, 0.25) is 0 Å². The van der Waals surface area contributed by atoms with Crippen LogP contribution in [-0.2, 0) is 5.75 Å². The fourth-order valence-electron chi connectivity index (χ4n) is 1.70. The fraction of sp³-hybridized carbons (Fsp3) is 0.385. The summed E-state index contributed by atoms with van der Waals surface area (Å²) in [6.45, 7) is 4.37. The first-order valence-corrected chi connectivity index (χ1v) is 7.52. The molecule has 2 aromatic heterocycles. The first-order chi connectivity index (χ1) is 10.1. The molecular weight excluding hydrogens is 292 g/mol. The van der Waals surface area contributed by atoms with Gasteiger partial charge >= 0.3 is 5.69 Å². The van der Waals surface area contributed by atoms with Crippen LogP contribution in [0.3, 0.4) is 0 Å². The summed E-state index contributed by atoms with van der Waals surface area (Å²) in [4.78, 5) is 19.1. The van der Waals surface area contributed by atoms with E-state index in [1.807, 2.05) is 13.0 Å². The molecule has 112 valence electrons. The molecule has 0 aliphatic carbocycles. The van der Waals surface area contributed by atoms with E-state index in [-0.39, 0.29) is 5.69 Å². The molecule has 0 unspecified atom stereocenters. The topological polar surface area (TPSA) is 94.1 Å². The van der Waals surface area contributed by atoms with E-state index in [1.165, 1.54) is 11.8 Å². The smallest absolute Gasteiger partial charge is 0.322 e. The maximum Gasteiger partial charge on any atom is 0.322 e. The minimum absolute atomic E-state index is 0.0476. The first kappa shape index (κ1) is 15.3. The monoisotopic (exact) mass is 308 g/mol. The third-order valence-corrected chi connectivity index (χ3v) is 3.66. The molecule has 1 N–H and O–H groups in total. The van der Waals surface area contributed by atoms with E-state index < -0.39 is 4.92 Å². The average Bonchev–Trinajstić information content (AvgIpc) is 2.95. The highest BCUT2D eigenvalue weighted by atomic mass is 32.2. The third-order valence-electron chi connectivity index (χ3n) is 2.67. The van der Waals surface area contributed by atoms with Crippen LogP contribution in [-0.4, -0.2) is 21.4 Å². The Bertz CT molecular complexity index is 616. The number of aromatic nitrogens is 2.